The van der Waals surface area contributed by atoms with Crippen LogP contribution in [0, 0.1) is 0 Å². The average molecular weight is 178 g/mol. The monoisotopic (exact) mass is 178 g/mol. The third kappa shape index (κ3) is 1.20. The van der Waals surface area contributed by atoms with E-state index in [0.717, 1.165) is 5.52 Å². The highest BCUT2D eigenvalue weighted by Gasteiger charge is 1.98. The molecule has 0 unspecified atom stereocenters. The summed E-state index contributed by atoms with van der Waals surface area (Å²) >= 11 is 1.74. The Labute approximate surface area is 75.6 Å². The first kappa shape index (κ1) is 7.68. The Morgan fingerprint density at radius 1 is 1.42 bits per heavy atom. The number of aromatic nitrogens is 2. The van der Waals surface area contributed by atoms with Crippen molar-refractivity contribution in [3.05, 3.63) is 24.4 Å². The van der Waals surface area contributed by atoms with Gasteiger partial charge in [0.15, 0.2) is 0 Å². The predicted octanol–water partition coefficient (Wildman–Crippen LogP) is 2.30. The van der Waals surface area contributed by atoms with Crippen molar-refractivity contribution in [3.8, 4) is 0 Å². The van der Waals surface area contributed by atoms with Crippen LogP contribution in [-0.2, 0) is 7.05 Å². The minimum absolute atomic E-state index is 1.07. The molecule has 0 fully saturated rings. The molecule has 3 heteroatoms. The molecule has 0 spiro atoms. The number of thioether (sulfide) groups is 1. The Balaban J connectivity index is 2.66. The molecule has 0 bridgehead atoms. The second-order valence-corrected chi connectivity index (χ2v) is 3.61. The van der Waals surface area contributed by atoms with E-state index in [1.807, 2.05) is 17.9 Å². The van der Waals surface area contributed by atoms with E-state index >= 15 is 0 Å². The molecule has 1 aromatic heterocycles. The highest BCUT2D eigenvalue weighted by atomic mass is 32.2. The number of fused-ring (bicyclic) bond motifs is 1. The first-order chi connectivity index (χ1) is 5.79. The van der Waals surface area contributed by atoms with Crippen LogP contribution in [0.15, 0.2) is 29.3 Å². The van der Waals surface area contributed by atoms with Crippen molar-refractivity contribution in [1.82, 2.24) is 9.78 Å². The van der Waals surface area contributed by atoms with Crippen LogP contribution in [0.2, 0.25) is 0 Å². The van der Waals surface area contributed by atoms with Crippen molar-refractivity contribution in [1.29, 1.82) is 0 Å². The average Bonchev–Trinajstić information content (AvgIpc) is 2.43. The summed E-state index contributed by atoms with van der Waals surface area (Å²) in [7, 11) is 1.94. The van der Waals surface area contributed by atoms with E-state index in [9.17, 15) is 0 Å². The largest absolute Gasteiger partial charge is 0.275 e. The predicted molar refractivity (Wildman–Crippen MR) is 52.5 cm³/mol. The van der Waals surface area contributed by atoms with Crippen molar-refractivity contribution in [2.45, 2.75) is 4.90 Å². The van der Waals surface area contributed by atoms with Crippen LogP contribution < -0.4 is 0 Å². The molecule has 0 amide bonds. The highest BCUT2D eigenvalue weighted by molar-refractivity contribution is 7.98. The van der Waals surface area contributed by atoms with Crippen LogP contribution in [0.3, 0.4) is 0 Å². The summed E-state index contributed by atoms with van der Waals surface area (Å²) in [6, 6.07) is 6.34. The molecule has 2 aromatic rings. The maximum atomic E-state index is 4.33. The summed E-state index contributed by atoms with van der Waals surface area (Å²) in [5, 5.41) is 5.53. The summed E-state index contributed by atoms with van der Waals surface area (Å²) in [5.74, 6) is 0. The Morgan fingerprint density at radius 2 is 2.25 bits per heavy atom. The van der Waals surface area contributed by atoms with Gasteiger partial charge in [-0.05, 0) is 18.4 Å². The minimum Gasteiger partial charge on any atom is -0.275 e. The molecule has 62 valence electrons. The number of rotatable bonds is 1. The molecule has 0 saturated heterocycles. The molecule has 0 saturated carbocycles. The van der Waals surface area contributed by atoms with Gasteiger partial charge in [0.05, 0.1) is 5.52 Å². The molecule has 0 N–H and O–H groups in total. The number of aryl methyl sites for hydroxylation is 1. The number of benzene rings is 1. The lowest BCUT2D eigenvalue weighted by atomic mass is 10.3. The van der Waals surface area contributed by atoms with Crippen LogP contribution >= 0.6 is 11.8 Å². The maximum absolute atomic E-state index is 4.33. The van der Waals surface area contributed by atoms with Crippen molar-refractivity contribution < 1.29 is 0 Å². The zero-order chi connectivity index (χ0) is 8.55. The summed E-state index contributed by atoms with van der Waals surface area (Å²) in [6.45, 7) is 0. The van der Waals surface area contributed by atoms with E-state index in [1.54, 1.807) is 11.8 Å². The van der Waals surface area contributed by atoms with Gasteiger partial charge in [0.1, 0.15) is 0 Å². The fourth-order valence-electron chi connectivity index (χ4n) is 1.25. The fraction of sp³-hybridized carbons (Fsp3) is 0.222. The summed E-state index contributed by atoms with van der Waals surface area (Å²) in [6.07, 6.45) is 4.10. The number of nitrogens with zero attached hydrogens (tertiary/aromatic N) is 2. The van der Waals surface area contributed by atoms with Gasteiger partial charge in [-0.2, -0.15) is 5.10 Å². The SMILES string of the molecule is CSc1ccc2cn(C)nc2c1. The van der Waals surface area contributed by atoms with Gasteiger partial charge >= 0.3 is 0 Å². The van der Waals surface area contributed by atoms with E-state index < -0.39 is 0 Å². The highest BCUT2D eigenvalue weighted by Crippen LogP contribution is 2.20. The van der Waals surface area contributed by atoms with Crippen LogP contribution in [0.25, 0.3) is 10.9 Å². The van der Waals surface area contributed by atoms with E-state index in [2.05, 4.69) is 29.6 Å². The third-order valence-electron chi connectivity index (χ3n) is 1.83. The minimum atomic E-state index is 1.07. The quantitative estimate of drug-likeness (QED) is 0.623. The van der Waals surface area contributed by atoms with Crippen LogP contribution in [-0.4, -0.2) is 16.0 Å². The molecule has 0 aliphatic heterocycles. The van der Waals surface area contributed by atoms with Crippen molar-refractivity contribution in [3.63, 3.8) is 0 Å². The zero-order valence-electron chi connectivity index (χ0n) is 7.11. The molecule has 1 heterocycles. The zero-order valence-corrected chi connectivity index (χ0v) is 7.93. The van der Waals surface area contributed by atoms with E-state index in [-0.39, 0.29) is 0 Å². The lowest BCUT2D eigenvalue weighted by Crippen LogP contribution is -1.84. The maximum Gasteiger partial charge on any atom is 0.0934 e. The molecule has 0 aliphatic carbocycles. The molecule has 2 rings (SSSR count). The van der Waals surface area contributed by atoms with Gasteiger partial charge in [-0.3, -0.25) is 4.68 Å². The van der Waals surface area contributed by atoms with Gasteiger partial charge in [-0.15, -0.1) is 11.8 Å². The smallest absolute Gasteiger partial charge is 0.0934 e. The molecule has 1 aromatic carbocycles. The van der Waals surface area contributed by atoms with Crippen LogP contribution in [0.1, 0.15) is 0 Å². The van der Waals surface area contributed by atoms with Crippen LogP contribution in [0.4, 0.5) is 0 Å². The van der Waals surface area contributed by atoms with Gasteiger partial charge in [-0.25, -0.2) is 0 Å². The molecule has 2 nitrogen and oxygen atoms in total. The summed E-state index contributed by atoms with van der Waals surface area (Å²) in [5.41, 5.74) is 1.07. The standard InChI is InChI=1S/C9H10N2S/c1-11-6-7-3-4-8(12-2)5-9(7)10-11/h3-6H,1-2H3. The number of hydrogen-bond acceptors (Lipinski definition) is 2. The van der Waals surface area contributed by atoms with E-state index in [4.69, 9.17) is 0 Å². The number of hydrogen-bond donors (Lipinski definition) is 0. The molecule has 0 radical (unpaired) electrons. The summed E-state index contributed by atoms with van der Waals surface area (Å²) < 4.78 is 1.84. The van der Waals surface area contributed by atoms with Crippen molar-refractivity contribution in [2.24, 2.45) is 7.05 Å². The second kappa shape index (κ2) is 2.83. The van der Waals surface area contributed by atoms with Crippen molar-refractivity contribution in [2.75, 3.05) is 6.26 Å². The van der Waals surface area contributed by atoms with Crippen LogP contribution in [0.5, 0.6) is 0 Å². The van der Waals surface area contributed by atoms with Crippen molar-refractivity contribution >= 4 is 22.7 Å². The Kier molecular flexibility index (Phi) is 1.81. The summed E-state index contributed by atoms with van der Waals surface area (Å²) in [4.78, 5) is 1.27. The van der Waals surface area contributed by atoms with Gasteiger partial charge in [0.2, 0.25) is 0 Å². The molecule has 0 aliphatic rings. The Morgan fingerprint density at radius 3 is 3.00 bits per heavy atom. The topological polar surface area (TPSA) is 17.8 Å². The van der Waals surface area contributed by atoms with Gasteiger partial charge < -0.3 is 0 Å². The normalized spacial score (nSPS) is 10.8. The molecule has 0 atom stereocenters. The lowest BCUT2D eigenvalue weighted by molar-refractivity contribution is 0.779. The molecule has 12 heavy (non-hydrogen) atoms. The molecular weight excluding hydrogens is 168 g/mol. The van der Waals surface area contributed by atoms with E-state index in [0.29, 0.717) is 0 Å². The first-order valence-electron chi connectivity index (χ1n) is 3.77. The lowest BCUT2D eigenvalue weighted by Gasteiger charge is -1.92. The molecular formula is C9H10N2S. The van der Waals surface area contributed by atoms with E-state index in [1.165, 1.54) is 10.3 Å². The third-order valence-corrected chi connectivity index (χ3v) is 2.55. The van der Waals surface area contributed by atoms with Gasteiger partial charge in [0, 0.05) is 23.5 Å². The Bertz CT molecular complexity index is 406. The first-order valence-corrected chi connectivity index (χ1v) is 4.99. The van der Waals surface area contributed by atoms with Gasteiger partial charge in [-0.1, -0.05) is 6.07 Å². The fourth-order valence-corrected chi connectivity index (χ4v) is 1.68. The van der Waals surface area contributed by atoms with Gasteiger partial charge in [0.25, 0.3) is 0 Å². The Hall–Kier alpha value is -0.960. The second-order valence-electron chi connectivity index (χ2n) is 2.73.